The molecule has 0 amide bonds. The van der Waals surface area contributed by atoms with Gasteiger partial charge >= 0.3 is 0 Å². The molecular weight excluding hydrogens is 358 g/mol. The number of aliphatic hydroxyl groups is 1. The van der Waals surface area contributed by atoms with Crippen LogP contribution in [0, 0.1) is 5.92 Å². The Hall–Kier alpha value is -1.55. The fourth-order valence-electron chi connectivity index (χ4n) is 4.79. The van der Waals surface area contributed by atoms with E-state index in [1.807, 2.05) is 12.1 Å². The first-order valence-electron chi connectivity index (χ1n) is 9.97. The van der Waals surface area contributed by atoms with Crippen LogP contribution in [0.5, 0.6) is 5.75 Å². The van der Waals surface area contributed by atoms with Gasteiger partial charge in [0.05, 0.1) is 6.10 Å². The fraction of sp³-hybridized carbons (Fsp3) is 0.478. The minimum absolute atomic E-state index is 0. The van der Waals surface area contributed by atoms with Gasteiger partial charge in [-0.15, -0.1) is 12.4 Å². The zero-order chi connectivity index (χ0) is 17.9. The van der Waals surface area contributed by atoms with Gasteiger partial charge in [0.15, 0.2) is 0 Å². The Morgan fingerprint density at radius 1 is 0.926 bits per heavy atom. The largest absolute Gasteiger partial charge is 0.508 e. The van der Waals surface area contributed by atoms with E-state index in [9.17, 15) is 10.2 Å². The zero-order valence-corrected chi connectivity index (χ0v) is 16.6. The number of benzene rings is 2. The van der Waals surface area contributed by atoms with Gasteiger partial charge in [0.1, 0.15) is 5.75 Å². The first-order chi connectivity index (χ1) is 12.7. The molecule has 2 aliphatic rings. The maximum Gasteiger partial charge on any atom is 0.119 e. The number of halogens is 1. The van der Waals surface area contributed by atoms with Gasteiger partial charge in [-0.25, -0.2) is 0 Å². The van der Waals surface area contributed by atoms with Crippen LogP contribution in [0.2, 0.25) is 0 Å². The summed E-state index contributed by atoms with van der Waals surface area (Å²) < 4.78 is 0. The smallest absolute Gasteiger partial charge is 0.119 e. The molecule has 27 heavy (non-hydrogen) atoms. The van der Waals surface area contributed by atoms with Crippen molar-refractivity contribution < 1.29 is 10.2 Å². The van der Waals surface area contributed by atoms with Gasteiger partial charge in [0.25, 0.3) is 0 Å². The summed E-state index contributed by atoms with van der Waals surface area (Å²) in [6.45, 7) is 3.35. The van der Waals surface area contributed by atoms with Crippen LogP contribution in [-0.2, 0) is 6.42 Å². The minimum Gasteiger partial charge on any atom is -0.508 e. The van der Waals surface area contributed by atoms with Crippen LogP contribution in [0.1, 0.15) is 54.4 Å². The van der Waals surface area contributed by atoms with Crippen molar-refractivity contribution in [1.82, 2.24) is 4.90 Å². The average Bonchev–Trinajstić information content (AvgIpc) is 2.83. The molecule has 1 heterocycles. The molecule has 1 saturated heterocycles. The number of likely N-dealkylation sites (tertiary alicyclic amines) is 1. The number of piperidine rings is 1. The van der Waals surface area contributed by atoms with Gasteiger partial charge in [0, 0.05) is 6.54 Å². The third kappa shape index (κ3) is 4.66. The number of phenols is 1. The Morgan fingerprint density at radius 2 is 1.67 bits per heavy atom. The van der Waals surface area contributed by atoms with E-state index >= 15 is 0 Å². The van der Waals surface area contributed by atoms with Crippen molar-refractivity contribution in [2.75, 3.05) is 19.6 Å². The standard InChI is InChI=1S/C23H29NO2.ClH/c25-22-8-4-7-20-21(22)10-9-17(15-23(20)26)16-24-13-11-19(12-14-24)18-5-2-1-3-6-18;/h1-8,17,19,23,25-26H,9-16H2;1H/t17-,23-;/m1./s1. The Kier molecular flexibility index (Phi) is 6.80. The van der Waals surface area contributed by atoms with Crippen LogP contribution < -0.4 is 0 Å². The molecule has 0 spiro atoms. The van der Waals surface area contributed by atoms with Crippen LogP contribution in [0.3, 0.4) is 0 Å². The zero-order valence-electron chi connectivity index (χ0n) is 15.8. The number of fused-ring (bicyclic) bond motifs is 1. The number of nitrogens with zero attached hydrogens (tertiary/aromatic N) is 1. The lowest BCUT2D eigenvalue weighted by Gasteiger charge is -2.34. The molecule has 0 radical (unpaired) electrons. The van der Waals surface area contributed by atoms with E-state index in [0.29, 0.717) is 17.6 Å². The number of aromatic hydroxyl groups is 1. The van der Waals surface area contributed by atoms with Crippen molar-refractivity contribution in [2.45, 2.75) is 44.1 Å². The molecule has 0 aromatic heterocycles. The molecule has 2 atom stereocenters. The lowest BCUT2D eigenvalue weighted by Crippen LogP contribution is -2.36. The second-order valence-corrected chi connectivity index (χ2v) is 7.99. The van der Waals surface area contributed by atoms with Crippen molar-refractivity contribution in [3.05, 3.63) is 65.2 Å². The summed E-state index contributed by atoms with van der Waals surface area (Å²) in [5.41, 5.74) is 3.35. The van der Waals surface area contributed by atoms with Gasteiger partial charge in [-0.1, -0.05) is 42.5 Å². The molecule has 2 N–H and O–H groups in total. The van der Waals surface area contributed by atoms with Crippen molar-refractivity contribution in [3.8, 4) is 5.75 Å². The number of rotatable bonds is 3. The summed E-state index contributed by atoms with van der Waals surface area (Å²) in [5, 5.41) is 20.7. The quantitative estimate of drug-likeness (QED) is 0.751. The van der Waals surface area contributed by atoms with Crippen LogP contribution in [0.4, 0.5) is 0 Å². The third-order valence-corrected chi connectivity index (χ3v) is 6.28. The molecule has 4 rings (SSSR count). The van der Waals surface area contributed by atoms with Crippen molar-refractivity contribution in [2.24, 2.45) is 5.92 Å². The van der Waals surface area contributed by atoms with Crippen LogP contribution >= 0.6 is 12.4 Å². The highest BCUT2D eigenvalue weighted by Crippen LogP contribution is 2.37. The molecule has 3 nitrogen and oxygen atoms in total. The summed E-state index contributed by atoms with van der Waals surface area (Å²) in [4.78, 5) is 2.58. The van der Waals surface area contributed by atoms with Gasteiger partial charge in [-0.3, -0.25) is 0 Å². The normalized spacial score (nSPS) is 23.9. The lowest BCUT2D eigenvalue weighted by molar-refractivity contribution is 0.117. The number of hydrogen-bond donors (Lipinski definition) is 2. The number of aliphatic hydroxyl groups excluding tert-OH is 1. The predicted octanol–water partition coefficient (Wildman–Crippen LogP) is 4.68. The Labute approximate surface area is 168 Å². The highest BCUT2D eigenvalue weighted by Gasteiger charge is 2.28. The van der Waals surface area contributed by atoms with E-state index in [-0.39, 0.29) is 12.4 Å². The highest BCUT2D eigenvalue weighted by atomic mass is 35.5. The van der Waals surface area contributed by atoms with E-state index in [1.54, 1.807) is 6.07 Å². The summed E-state index contributed by atoms with van der Waals surface area (Å²) in [6, 6.07) is 16.4. The van der Waals surface area contributed by atoms with Gasteiger partial charge < -0.3 is 15.1 Å². The molecule has 2 aromatic rings. The maximum absolute atomic E-state index is 10.6. The molecule has 0 bridgehead atoms. The molecule has 4 heteroatoms. The van der Waals surface area contributed by atoms with Gasteiger partial charge in [-0.05, 0) is 79.8 Å². The monoisotopic (exact) mass is 387 g/mol. The first-order valence-corrected chi connectivity index (χ1v) is 9.97. The molecule has 1 fully saturated rings. The highest BCUT2D eigenvalue weighted by molar-refractivity contribution is 5.85. The second-order valence-electron chi connectivity index (χ2n) is 7.99. The number of hydrogen-bond acceptors (Lipinski definition) is 3. The molecule has 146 valence electrons. The summed E-state index contributed by atoms with van der Waals surface area (Å²) in [7, 11) is 0. The second kappa shape index (κ2) is 9.09. The predicted molar refractivity (Wildman–Crippen MR) is 112 cm³/mol. The number of phenolic OH excluding ortho intramolecular Hbond substituents is 1. The topological polar surface area (TPSA) is 43.7 Å². The van der Waals surface area contributed by atoms with E-state index < -0.39 is 6.10 Å². The SMILES string of the molecule is Cl.Oc1cccc2c1CC[C@@H](CN1CCC(c3ccccc3)CC1)C[C@H]2O. The molecule has 2 aromatic carbocycles. The van der Waals surface area contributed by atoms with Crippen LogP contribution in [0.25, 0.3) is 0 Å². The van der Waals surface area contributed by atoms with Gasteiger partial charge in [0.2, 0.25) is 0 Å². The molecule has 0 unspecified atom stereocenters. The Balaban J connectivity index is 0.00000210. The lowest BCUT2D eigenvalue weighted by atomic mass is 9.88. The van der Waals surface area contributed by atoms with Crippen LogP contribution in [-0.4, -0.2) is 34.7 Å². The molecule has 1 aliphatic carbocycles. The molecule has 1 aliphatic heterocycles. The first kappa shape index (κ1) is 20.2. The van der Waals surface area contributed by atoms with Gasteiger partial charge in [-0.2, -0.15) is 0 Å². The fourth-order valence-corrected chi connectivity index (χ4v) is 4.79. The van der Waals surface area contributed by atoms with Crippen molar-refractivity contribution in [3.63, 3.8) is 0 Å². The summed E-state index contributed by atoms with van der Waals surface area (Å²) >= 11 is 0. The minimum atomic E-state index is -0.452. The molecule has 0 saturated carbocycles. The average molecular weight is 388 g/mol. The van der Waals surface area contributed by atoms with E-state index in [4.69, 9.17) is 0 Å². The van der Waals surface area contributed by atoms with E-state index in [1.165, 1.54) is 18.4 Å². The molecular formula is C23H30ClNO2. The third-order valence-electron chi connectivity index (χ3n) is 6.28. The van der Waals surface area contributed by atoms with Crippen molar-refractivity contribution >= 4 is 12.4 Å². The van der Waals surface area contributed by atoms with E-state index in [2.05, 4.69) is 35.2 Å². The Morgan fingerprint density at radius 3 is 2.41 bits per heavy atom. The maximum atomic E-state index is 10.6. The van der Waals surface area contributed by atoms with E-state index in [0.717, 1.165) is 50.0 Å². The summed E-state index contributed by atoms with van der Waals surface area (Å²) in [5.74, 6) is 1.52. The van der Waals surface area contributed by atoms with Crippen LogP contribution in [0.15, 0.2) is 48.5 Å². The summed E-state index contributed by atoms with van der Waals surface area (Å²) in [6.07, 6.45) is 4.70. The Bertz CT molecular complexity index is 728. The van der Waals surface area contributed by atoms with Crippen molar-refractivity contribution in [1.29, 1.82) is 0 Å².